The maximum Gasteiger partial charge on any atom is 0.352 e. The summed E-state index contributed by atoms with van der Waals surface area (Å²) in [6, 6.07) is 6.57. The predicted molar refractivity (Wildman–Crippen MR) is 104 cm³/mol. The van der Waals surface area contributed by atoms with Gasteiger partial charge in [-0.2, -0.15) is 0 Å². The molecule has 146 valence electrons. The number of aliphatic carboxylic acids is 1. The van der Waals surface area contributed by atoms with Crippen molar-refractivity contribution in [2.24, 2.45) is 5.73 Å². The first-order chi connectivity index (χ1) is 13.4. The number of amides is 2. The van der Waals surface area contributed by atoms with Crippen LogP contribution in [-0.4, -0.2) is 58.6 Å². The van der Waals surface area contributed by atoms with Crippen molar-refractivity contribution in [3.8, 4) is 5.75 Å². The van der Waals surface area contributed by atoms with Crippen molar-refractivity contribution in [1.82, 2.24) is 4.90 Å². The van der Waals surface area contributed by atoms with Crippen LogP contribution in [0.1, 0.15) is 6.42 Å². The van der Waals surface area contributed by atoms with E-state index in [1.807, 2.05) is 18.2 Å². The summed E-state index contributed by atoms with van der Waals surface area (Å²) < 4.78 is 5.34. The molecule has 0 aliphatic carbocycles. The number of para-hydroxylation sites is 2. The van der Waals surface area contributed by atoms with Crippen molar-refractivity contribution in [2.45, 2.75) is 17.8 Å². The number of thioether (sulfide) groups is 1. The van der Waals surface area contributed by atoms with Crippen LogP contribution >= 0.6 is 11.8 Å². The number of benzene rings is 1. The number of hydrogen-bond acceptors (Lipinski definition) is 6. The standard InChI is InChI=1S/C19H19N3O5S/c1-27-13-5-3-2-4-12(13)21-7-6-10(16(21)23)8-11-9-28-18-14(20)17(24)22(18)15(11)19(25)26/h2-5,8,14,18H,6-7,9,20H2,1H3,(H,25,26)/t14-,18-/m1/s1. The average molecular weight is 401 g/mol. The second kappa shape index (κ2) is 6.99. The summed E-state index contributed by atoms with van der Waals surface area (Å²) in [5.41, 5.74) is 7.33. The van der Waals surface area contributed by atoms with Gasteiger partial charge in [0.05, 0.1) is 12.8 Å². The molecular formula is C19H19N3O5S. The molecule has 0 saturated carbocycles. The Morgan fingerprint density at radius 3 is 2.82 bits per heavy atom. The lowest BCUT2D eigenvalue weighted by molar-refractivity contribution is -0.147. The van der Waals surface area contributed by atoms with E-state index in [1.54, 1.807) is 24.2 Å². The molecule has 4 rings (SSSR count). The van der Waals surface area contributed by atoms with Gasteiger partial charge >= 0.3 is 5.97 Å². The van der Waals surface area contributed by atoms with Crippen molar-refractivity contribution >= 4 is 35.2 Å². The third kappa shape index (κ3) is 2.78. The summed E-state index contributed by atoms with van der Waals surface area (Å²) in [6.45, 7) is 0.476. The van der Waals surface area contributed by atoms with Crippen molar-refractivity contribution in [3.05, 3.63) is 47.2 Å². The summed E-state index contributed by atoms with van der Waals surface area (Å²) in [5, 5.41) is 9.27. The van der Waals surface area contributed by atoms with Crippen molar-refractivity contribution < 1.29 is 24.2 Å². The number of carboxylic acid groups (broad SMARTS) is 1. The summed E-state index contributed by atoms with van der Waals surface area (Å²) >= 11 is 1.41. The monoisotopic (exact) mass is 401 g/mol. The fraction of sp³-hybridized carbons (Fsp3) is 0.316. The summed E-state index contributed by atoms with van der Waals surface area (Å²) in [6.07, 6.45) is 2.09. The van der Waals surface area contributed by atoms with Gasteiger partial charge in [0, 0.05) is 17.9 Å². The molecular weight excluding hydrogens is 382 g/mol. The SMILES string of the molecule is COc1ccccc1N1CCC(=CC2=C(C(=O)O)N3C(=O)[C@@H](N)[C@H]3SC2)C1=O. The molecule has 3 N–H and O–H groups in total. The first kappa shape index (κ1) is 18.6. The number of carboxylic acids is 1. The van der Waals surface area contributed by atoms with Gasteiger partial charge in [-0.15, -0.1) is 11.8 Å². The molecule has 1 aromatic rings. The van der Waals surface area contributed by atoms with E-state index in [0.717, 1.165) is 0 Å². The second-order valence-electron chi connectivity index (χ2n) is 6.66. The van der Waals surface area contributed by atoms with E-state index in [9.17, 15) is 19.5 Å². The van der Waals surface area contributed by atoms with E-state index < -0.39 is 17.9 Å². The Balaban J connectivity index is 1.66. The Morgan fingerprint density at radius 1 is 1.36 bits per heavy atom. The molecule has 9 heteroatoms. The zero-order valence-corrected chi connectivity index (χ0v) is 15.9. The van der Waals surface area contributed by atoms with Gasteiger partial charge in [-0.25, -0.2) is 4.79 Å². The molecule has 3 aliphatic heterocycles. The van der Waals surface area contributed by atoms with Crippen LogP contribution in [0.4, 0.5) is 5.69 Å². The van der Waals surface area contributed by atoms with E-state index >= 15 is 0 Å². The van der Waals surface area contributed by atoms with Crippen LogP contribution < -0.4 is 15.4 Å². The molecule has 2 amide bonds. The van der Waals surface area contributed by atoms with Crippen molar-refractivity contribution in [1.29, 1.82) is 0 Å². The molecule has 2 fully saturated rings. The molecule has 28 heavy (non-hydrogen) atoms. The van der Waals surface area contributed by atoms with E-state index in [4.69, 9.17) is 10.5 Å². The minimum absolute atomic E-state index is 0.0773. The van der Waals surface area contributed by atoms with Gasteiger partial charge in [-0.1, -0.05) is 12.1 Å². The van der Waals surface area contributed by atoms with Gasteiger partial charge in [0.15, 0.2) is 0 Å². The maximum absolute atomic E-state index is 12.9. The third-order valence-electron chi connectivity index (χ3n) is 5.09. The lowest BCUT2D eigenvalue weighted by Gasteiger charge is -2.47. The van der Waals surface area contributed by atoms with E-state index in [1.165, 1.54) is 16.7 Å². The van der Waals surface area contributed by atoms with Crippen LogP contribution in [0, 0.1) is 0 Å². The Labute approximate surface area is 165 Å². The zero-order valence-electron chi connectivity index (χ0n) is 15.1. The summed E-state index contributed by atoms with van der Waals surface area (Å²) in [4.78, 5) is 39.6. The Hall–Kier alpha value is -2.78. The fourth-order valence-corrected chi connectivity index (χ4v) is 4.94. The molecule has 3 aliphatic rings. The number of β-lactam (4-membered cyclic amide) rings is 1. The quantitative estimate of drug-likeness (QED) is 0.570. The normalized spacial score (nSPS) is 25.9. The van der Waals surface area contributed by atoms with Gasteiger partial charge in [0.2, 0.25) is 5.91 Å². The number of allylic oxidation sites excluding steroid dienone is 1. The predicted octanol–water partition coefficient (Wildman–Crippen LogP) is 0.939. The smallest absolute Gasteiger partial charge is 0.352 e. The zero-order chi connectivity index (χ0) is 20.0. The minimum Gasteiger partial charge on any atom is -0.495 e. The van der Waals surface area contributed by atoms with E-state index in [2.05, 4.69) is 0 Å². The van der Waals surface area contributed by atoms with Crippen LogP contribution in [0.3, 0.4) is 0 Å². The highest BCUT2D eigenvalue weighted by Gasteiger charge is 2.51. The molecule has 0 radical (unpaired) electrons. The molecule has 0 spiro atoms. The number of nitrogens with zero attached hydrogens (tertiary/aromatic N) is 2. The first-order valence-corrected chi connectivity index (χ1v) is 9.81. The molecule has 2 atom stereocenters. The van der Waals surface area contributed by atoms with Gasteiger partial charge in [0.1, 0.15) is 22.9 Å². The number of fused-ring (bicyclic) bond motifs is 1. The van der Waals surface area contributed by atoms with Crippen molar-refractivity contribution in [2.75, 3.05) is 24.3 Å². The Morgan fingerprint density at radius 2 is 2.11 bits per heavy atom. The first-order valence-electron chi connectivity index (χ1n) is 8.76. The third-order valence-corrected chi connectivity index (χ3v) is 6.41. The lowest BCUT2D eigenvalue weighted by Crippen LogP contribution is -2.68. The van der Waals surface area contributed by atoms with Crippen LogP contribution in [-0.2, 0) is 14.4 Å². The summed E-state index contributed by atoms with van der Waals surface area (Å²) in [5.74, 6) is -0.808. The van der Waals surface area contributed by atoms with Gasteiger partial charge in [-0.05, 0) is 30.2 Å². The number of anilines is 1. The molecule has 2 saturated heterocycles. The number of carbonyl (C=O) groups excluding carboxylic acids is 2. The van der Waals surface area contributed by atoms with Crippen LogP contribution in [0.2, 0.25) is 0 Å². The van der Waals surface area contributed by atoms with Gasteiger partial charge < -0.3 is 20.5 Å². The highest BCUT2D eigenvalue weighted by molar-refractivity contribution is 8.00. The second-order valence-corrected chi connectivity index (χ2v) is 7.77. The number of methoxy groups -OCH3 is 1. The fourth-order valence-electron chi connectivity index (χ4n) is 3.69. The lowest BCUT2D eigenvalue weighted by atomic mass is 10.0. The van der Waals surface area contributed by atoms with Gasteiger partial charge in [-0.3, -0.25) is 14.5 Å². The Bertz CT molecular complexity index is 941. The number of carbonyl (C=O) groups is 3. The molecule has 0 unspecified atom stereocenters. The number of rotatable bonds is 4. The molecule has 8 nitrogen and oxygen atoms in total. The number of ether oxygens (including phenoxy) is 1. The molecule has 1 aromatic carbocycles. The maximum atomic E-state index is 12.9. The van der Waals surface area contributed by atoms with Crippen LogP contribution in [0.5, 0.6) is 5.75 Å². The summed E-state index contributed by atoms with van der Waals surface area (Å²) in [7, 11) is 1.55. The Kier molecular flexibility index (Phi) is 4.64. The largest absolute Gasteiger partial charge is 0.495 e. The highest BCUT2D eigenvalue weighted by atomic mass is 32.2. The topological polar surface area (TPSA) is 113 Å². The number of nitrogens with two attached hydrogens (primary N) is 1. The number of hydrogen-bond donors (Lipinski definition) is 2. The average Bonchev–Trinajstić information content (AvgIpc) is 3.06. The van der Waals surface area contributed by atoms with E-state index in [-0.39, 0.29) is 17.0 Å². The van der Waals surface area contributed by atoms with Gasteiger partial charge in [0.25, 0.3) is 5.91 Å². The molecule has 0 aromatic heterocycles. The molecule has 0 bridgehead atoms. The van der Waals surface area contributed by atoms with Crippen LogP contribution in [0.25, 0.3) is 0 Å². The molecule has 3 heterocycles. The van der Waals surface area contributed by atoms with E-state index in [0.29, 0.717) is 41.3 Å². The minimum atomic E-state index is -1.19. The van der Waals surface area contributed by atoms with Crippen LogP contribution in [0.15, 0.2) is 47.2 Å². The highest BCUT2D eigenvalue weighted by Crippen LogP contribution is 2.41. The van der Waals surface area contributed by atoms with Crippen molar-refractivity contribution in [3.63, 3.8) is 0 Å².